The van der Waals surface area contributed by atoms with E-state index in [-0.39, 0.29) is 30.2 Å². The number of carbonyl (C=O) groups excluding carboxylic acids is 1. The van der Waals surface area contributed by atoms with Gasteiger partial charge in [0.25, 0.3) is 0 Å². The Morgan fingerprint density at radius 3 is 2.26 bits per heavy atom. The molecule has 0 saturated carbocycles. The van der Waals surface area contributed by atoms with Gasteiger partial charge >= 0.3 is 5.97 Å². The van der Waals surface area contributed by atoms with Crippen molar-refractivity contribution in [3.05, 3.63) is 29.8 Å². The molecule has 150 valence electrons. The monoisotopic (exact) mass is 396 g/mol. The molecule has 0 unspecified atom stereocenters. The molecule has 0 aromatic heterocycles. The lowest BCUT2D eigenvalue weighted by atomic mass is 10.1. The number of nitrogens with zero attached hydrogens (tertiary/aromatic N) is 2. The van der Waals surface area contributed by atoms with Gasteiger partial charge in [0, 0.05) is 32.6 Å². The summed E-state index contributed by atoms with van der Waals surface area (Å²) in [5.74, 6) is -1.02. The van der Waals surface area contributed by atoms with Gasteiger partial charge in [0.05, 0.1) is 11.3 Å². The first-order valence-electron chi connectivity index (χ1n) is 9.43. The van der Waals surface area contributed by atoms with Gasteiger partial charge in [0.1, 0.15) is 0 Å². The molecular weight excluding hydrogens is 368 g/mol. The third kappa shape index (κ3) is 6.04. The normalized spacial score (nSPS) is 15.4. The number of carbonyl (C=O) groups is 2. The molecule has 1 N–H and O–H groups in total. The maximum atomic E-state index is 12.6. The molecule has 1 aliphatic rings. The number of hydrogen-bond donors (Lipinski definition) is 1. The Morgan fingerprint density at radius 1 is 1.07 bits per heavy atom. The van der Waals surface area contributed by atoms with Crippen molar-refractivity contribution in [2.75, 3.05) is 26.2 Å². The summed E-state index contributed by atoms with van der Waals surface area (Å²) in [4.78, 5) is 24.7. The first-order valence-corrected chi connectivity index (χ1v) is 10.9. The third-order valence-electron chi connectivity index (χ3n) is 4.83. The predicted molar refractivity (Wildman–Crippen MR) is 102 cm³/mol. The fourth-order valence-electron chi connectivity index (χ4n) is 3.18. The maximum Gasteiger partial charge on any atom is 0.305 e. The van der Waals surface area contributed by atoms with E-state index in [1.807, 2.05) is 6.92 Å². The summed E-state index contributed by atoms with van der Waals surface area (Å²) < 4.78 is 26.8. The Labute approximate surface area is 161 Å². The minimum atomic E-state index is -3.44. The number of aryl methyl sites for hydroxylation is 1. The van der Waals surface area contributed by atoms with Gasteiger partial charge in [-0.2, -0.15) is 4.31 Å². The summed E-state index contributed by atoms with van der Waals surface area (Å²) in [6.45, 7) is 3.64. The van der Waals surface area contributed by atoms with Crippen LogP contribution < -0.4 is 0 Å². The highest BCUT2D eigenvalue weighted by atomic mass is 32.2. The average molecular weight is 397 g/mol. The topological polar surface area (TPSA) is 95.0 Å². The van der Waals surface area contributed by atoms with E-state index < -0.39 is 16.0 Å². The lowest BCUT2D eigenvalue weighted by molar-refractivity contribution is -0.138. The number of sulfonamides is 1. The lowest BCUT2D eigenvalue weighted by Gasteiger charge is -2.25. The average Bonchev–Trinajstić information content (AvgIpc) is 2.67. The molecule has 1 heterocycles. The van der Waals surface area contributed by atoms with Crippen molar-refractivity contribution in [1.29, 1.82) is 0 Å². The molecule has 1 fully saturated rings. The smallest absolute Gasteiger partial charge is 0.305 e. The molecule has 1 amide bonds. The van der Waals surface area contributed by atoms with E-state index in [0.29, 0.717) is 26.1 Å². The van der Waals surface area contributed by atoms with Gasteiger partial charge in [-0.15, -0.1) is 0 Å². The molecule has 7 nitrogen and oxygen atoms in total. The van der Waals surface area contributed by atoms with Crippen LogP contribution >= 0.6 is 0 Å². The number of hydrogen-bond acceptors (Lipinski definition) is 4. The third-order valence-corrected chi connectivity index (χ3v) is 6.75. The van der Waals surface area contributed by atoms with Crippen molar-refractivity contribution < 1.29 is 23.1 Å². The van der Waals surface area contributed by atoms with Gasteiger partial charge in [-0.05, 0) is 43.9 Å². The molecule has 0 radical (unpaired) electrons. The van der Waals surface area contributed by atoms with Crippen molar-refractivity contribution >= 4 is 21.9 Å². The molecule has 27 heavy (non-hydrogen) atoms. The lowest BCUT2D eigenvalue weighted by Crippen LogP contribution is -2.35. The quantitative estimate of drug-likeness (QED) is 0.690. The molecule has 0 spiro atoms. The minimum absolute atomic E-state index is 0.0668. The summed E-state index contributed by atoms with van der Waals surface area (Å²) in [6.07, 6.45) is 3.56. The summed E-state index contributed by atoms with van der Waals surface area (Å²) in [7, 11) is -3.44. The number of benzene rings is 1. The minimum Gasteiger partial charge on any atom is -0.481 e. The number of carboxylic acid groups (broad SMARTS) is 1. The van der Waals surface area contributed by atoms with E-state index in [1.165, 1.54) is 9.21 Å². The van der Waals surface area contributed by atoms with Crippen molar-refractivity contribution in [3.63, 3.8) is 0 Å². The zero-order valence-electron chi connectivity index (χ0n) is 15.8. The first-order chi connectivity index (χ1) is 12.8. The first kappa shape index (κ1) is 21.4. The van der Waals surface area contributed by atoms with Gasteiger partial charge in [-0.3, -0.25) is 9.59 Å². The summed E-state index contributed by atoms with van der Waals surface area (Å²) in [5.41, 5.74) is 0.884. The molecule has 1 aromatic carbocycles. The zero-order valence-corrected chi connectivity index (χ0v) is 16.6. The second-order valence-electron chi connectivity index (χ2n) is 6.73. The Balaban J connectivity index is 1.93. The Morgan fingerprint density at radius 2 is 1.70 bits per heavy atom. The fourth-order valence-corrected chi connectivity index (χ4v) is 4.70. The van der Waals surface area contributed by atoms with Crippen LogP contribution in [0.4, 0.5) is 0 Å². The van der Waals surface area contributed by atoms with Crippen LogP contribution in [0.15, 0.2) is 29.2 Å². The van der Waals surface area contributed by atoms with Gasteiger partial charge in [-0.1, -0.05) is 18.6 Å². The van der Waals surface area contributed by atoms with E-state index in [4.69, 9.17) is 5.11 Å². The van der Waals surface area contributed by atoms with E-state index in [9.17, 15) is 18.0 Å². The van der Waals surface area contributed by atoms with Crippen LogP contribution in [0, 0.1) is 0 Å². The van der Waals surface area contributed by atoms with Crippen LogP contribution in [0.5, 0.6) is 0 Å². The second kappa shape index (κ2) is 9.85. The molecule has 8 heteroatoms. The van der Waals surface area contributed by atoms with Gasteiger partial charge in [0.15, 0.2) is 0 Å². The number of amides is 1. The van der Waals surface area contributed by atoms with Gasteiger partial charge < -0.3 is 10.0 Å². The van der Waals surface area contributed by atoms with Crippen LogP contribution in [0.25, 0.3) is 0 Å². The van der Waals surface area contributed by atoms with Crippen molar-refractivity contribution in [3.8, 4) is 0 Å². The molecule has 0 atom stereocenters. The molecule has 1 aromatic rings. The van der Waals surface area contributed by atoms with Crippen LogP contribution in [-0.4, -0.2) is 60.8 Å². The van der Waals surface area contributed by atoms with E-state index in [2.05, 4.69) is 0 Å². The highest BCUT2D eigenvalue weighted by molar-refractivity contribution is 7.89. The second-order valence-corrected chi connectivity index (χ2v) is 8.66. The van der Waals surface area contributed by atoms with Crippen LogP contribution in [0.2, 0.25) is 0 Å². The summed E-state index contributed by atoms with van der Waals surface area (Å²) in [5, 5.41) is 8.74. The largest absolute Gasteiger partial charge is 0.481 e. The van der Waals surface area contributed by atoms with Gasteiger partial charge in [-0.25, -0.2) is 8.42 Å². The molecule has 1 aliphatic heterocycles. The van der Waals surface area contributed by atoms with E-state index in [0.717, 1.165) is 24.8 Å². The number of piperidine rings is 1. The summed E-state index contributed by atoms with van der Waals surface area (Å²) in [6, 6.07) is 6.70. The fraction of sp³-hybridized carbons (Fsp3) is 0.579. The van der Waals surface area contributed by atoms with Crippen molar-refractivity contribution in [2.24, 2.45) is 0 Å². The van der Waals surface area contributed by atoms with Crippen LogP contribution in [0.3, 0.4) is 0 Å². The SMILES string of the molecule is CCN(CCC(=O)O)C(=O)CCc1ccc(S(=O)(=O)N2CCCCC2)cc1. The van der Waals surface area contributed by atoms with Crippen molar-refractivity contribution in [1.82, 2.24) is 9.21 Å². The van der Waals surface area contributed by atoms with Crippen molar-refractivity contribution in [2.45, 2.75) is 50.3 Å². The van der Waals surface area contributed by atoms with Crippen LogP contribution in [-0.2, 0) is 26.0 Å². The molecule has 1 saturated heterocycles. The summed E-state index contributed by atoms with van der Waals surface area (Å²) >= 11 is 0. The Bertz CT molecular complexity index is 740. The Hall–Kier alpha value is -1.93. The Kier molecular flexibility index (Phi) is 7.79. The van der Waals surface area contributed by atoms with E-state index >= 15 is 0 Å². The number of carboxylic acids is 1. The highest BCUT2D eigenvalue weighted by Crippen LogP contribution is 2.21. The zero-order chi connectivity index (χ0) is 19.9. The molecule has 0 aliphatic carbocycles. The van der Waals surface area contributed by atoms with Crippen LogP contribution in [0.1, 0.15) is 44.6 Å². The number of aliphatic carboxylic acids is 1. The van der Waals surface area contributed by atoms with E-state index in [1.54, 1.807) is 24.3 Å². The number of rotatable bonds is 9. The van der Waals surface area contributed by atoms with Gasteiger partial charge in [0.2, 0.25) is 15.9 Å². The highest BCUT2D eigenvalue weighted by Gasteiger charge is 2.25. The maximum absolute atomic E-state index is 12.6. The molecule has 0 bridgehead atoms. The molecular formula is C19H28N2O5S. The standard InChI is InChI=1S/C19H28N2O5S/c1-2-20(15-12-19(23)24)18(22)11-8-16-6-9-17(10-7-16)27(25,26)21-13-4-3-5-14-21/h6-7,9-10H,2-5,8,11-15H2,1H3,(H,23,24). The predicted octanol–water partition coefficient (Wildman–Crippen LogP) is 2.12. The molecule has 2 rings (SSSR count).